The van der Waals surface area contributed by atoms with Crippen molar-refractivity contribution in [2.75, 3.05) is 37.8 Å². The van der Waals surface area contributed by atoms with Gasteiger partial charge in [-0.05, 0) is 25.0 Å². The van der Waals surface area contributed by atoms with Crippen molar-refractivity contribution < 1.29 is 4.79 Å². The number of nitrogens with one attached hydrogen (secondary N) is 2. The molecule has 1 aromatic rings. The number of halogens is 1. The number of aliphatic imine (C=N–C) groups is 1. The monoisotopic (exact) mass is 491 g/mol. The molecule has 1 aliphatic heterocycles. The average molecular weight is 491 g/mol. The minimum absolute atomic E-state index is 0. The summed E-state index contributed by atoms with van der Waals surface area (Å²) in [6.07, 6.45) is 0.380. The van der Waals surface area contributed by atoms with E-state index >= 15 is 0 Å². The lowest BCUT2D eigenvalue weighted by atomic mass is 10.1. The van der Waals surface area contributed by atoms with Gasteiger partial charge in [-0.15, -0.1) is 24.0 Å². The Bertz CT molecular complexity index is 611. The summed E-state index contributed by atoms with van der Waals surface area (Å²) < 4.78 is 0. The van der Waals surface area contributed by atoms with Crippen LogP contribution in [0.3, 0.4) is 0 Å². The largest absolute Gasteiger partial charge is 0.356 e. The Morgan fingerprint density at radius 3 is 2.88 bits per heavy atom. The molecular formula is C18H30IN5OS. The number of hydrogen-bond acceptors (Lipinski definition) is 4. The minimum Gasteiger partial charge on any atom is -0.356 e. The minimum atomic E-state index is -0.0460. The first-order chi connectivity index (χ1) is 12.0. The fourth-order valence-electron chi connectivity index (χ4n) is 2.71. The van der Waals surface area contributed by atoms with Gasteiger partial charge in [0.1, 0.15) is 5.82 Å². The third-order valence-electron chi connectivity index (χ3n) is 4.14. The summed E-state index contributed by atoms with van der Waals surface area (Å²) in [5.74, 6) is 3.20. The molecule has 0 saturated carbocycles. The van der Waals surface area contributed by atoms with Crippen molar-refractivity contribution in [3.05, 3.63) is 23.9 Å². The summed E-state index contributed by atoms with van der Waals surface area (Å²) in [6, 6.07) is 5.59. The maximum absolute atomic E-state index is 12.1. The molecule has 8 heteroatoms. The van der Waals surface area contributed by atoms with E-state index in [1.165, 1.54) is 0 Å². The molecule has 1 fully saturated rings. The zero-order valence-electron chi connectivity index (χ0n) is 16.0. The predicted molar refractivity (Wildman–Crippen MR) is 122 cm³/mol. The number of anilines is 1. The predicted octanol–water partition coefficient (Wildman–Crippen LogP) is 2.99. The fourth-order valence-corrected chi connectivity index (χ4v) is 4.01. The number of carbonyl (C=O) groups excluding carboxylic acids is 1. The number of thioether (sulfide) groups is 1. The lowest BCUT2D eigenvalue weighted by Crippen LogP contribution is -2.49. The van der Waals surface area contributed by atoms with Crippen molar-refractivity contribution in [1.29, 1.82) is 0 Å². The van der Waals surface area contributed by atoms with E-state index in [9.17, 15) is 4.79 Å². The van der Waals surface area contributed by atoms with Crippen LogP contribution in [0, 0.1) is 12.8 Å². The van der Waals surface area contributed by atoms with Crippen LogP contribution < -0.4 is 10.6 Å². The Morgan fingerprint density at radius 2 is 2.23 bits per heavy atom. The molecule has 1 aliphatic rings. The second kappa shape index (κ2) is 11.6. The smallest absolute Gasteiger partial charge is 0.227 e. The molecule has 0 spiro atoms. The third kappa shape index (κ3) is 7.30. The molecule has 2 rings (SSSR count). The topological polar surface area (TPSA) is 69.6 Å². The second-order valence-electron chi connectivity index (χ2n) is 6.54. The first kappa shape index (κ1) is 23.0. The van der Waals surface area contributed by atoms with Crippen LogP contribution in [0.1, 0.15) is 26.0 Å². The Hall–Kier alpha value is -1.03. The van der Waals surface area contributed by atoms with Gasteiger partial charge in [0.25, 0.3) is 0 Å². The maximum Gasteiger partial charge on any atom is 0.227 e. The zero-order chi connectivity index (χ0) is 18.2. The fraction of sp³-hybridized carbons (Fsp3) is 0.611. The van der Waals surface area contributed by atoms with Gasteiger partial charge < -0.3 is 15.5 Å². The molecule has 0 aromatic carbocycles. The molecule has 0 radical (unpaired) electrons. The molecule has 1 unspecified atom stereocenters. The summed E-state index contributed by atoms with van der Waals surface area (Å²) in [5.41, 5.74) is 0.888. The van der Waals surface area contributed by atoms with Gasteiger partial charge in [0, 0.05) is 49.8 Å². The summed E-state index contributed by atoms with van der Waals surface area (Å²) in [6.45, 7) is 8.99. The van der Waals surface area contributed by atoms with Gasteiger partial charge in [-0.25, -0.2) is 4.98 Å². The lowest BCUT2D eigenvalue weighted by molar-refractivity contribution is -0.116. The van der Waals surface area contributed by atoms with E-state index in [1.807, 2.05) is 30.8 Å². The van der Waals surface area contributed by atoms with Crippen LogP contribution in [-0.2, 0) is 4.79 Å². The van der Waals surface area contributed by atoms with E-state index in [4.69, 9.17) is 0 Å². The van der Waals surface area contributed by atoms with Crippen molar-refractivity contribution in [2.24, 2.45) is 10.9 Å². The van der Waals surface area contributed by atoms with Crippen LogP contribution in [0.5, 0.6) is 0 Å². The van der Waals surface area contributed by atoms with E-state index in [-0.39, 0.29) is 29.9 Å². The molecule has 1 amide bonds. The lowest BCUT2D eigenvalue weighted by Gasteiger charge is -2.36. The Kier molecular flexibility index (Phi) is 10.3. The maximum atomic E-state index is 12.1. The van der Waals surface area contributed by atoms with E-state index in [0.29, 0.717) is 30.0 Å². The number of carbonyl (C=O) groups is 1. The highest BCUT2D eigenvalue weighted by Crippen LogP contribution is 2.24. The summed E-state index contributed by atoms with van der Waals surface area (Å²) in [7, 11) is 1.80. The van der Waals surface area contributed by atoms with Gasteiger partial charge in [-0.2, -0.15) is 11.8 Å². The first-order valence-electron chi connectivity index (χ1n) is 8.80. The molecule has 2 heterocycles. The number of rotatable bonds is 5. The van der Waals surface area contributed by atoms with Crippen LogP contribution >= 0.6 is 35.7 Å². The van der Waals surface area contributed by atoms with Crippen molar-refractivity contribution in [3.63, 3.8) is 0 Å². The number of aryl methyl sites for hydroxylation is 1. The van der Waals surface area contributed by atoms with E-state index in [0.717, 1.165) is 30.5 Å². The molecule has 0 bridgehead atoms. The van der Waals surface area contributed by atoms with Gasteiger partial charge in [0.05, 0.1) is 0 Å². The molecule has 146 valence electrons. The number of hydrogen-bond donors (Lipinski definition) is 2. The SMILES string of the molecule is CN=C(NCCC(=O)Nc1cccc(C)n1)N1CCSC(C(C)C)C1.I. The van der Waals surface area contributed by atoms with Gasteiger partial charge in [-0.1, -0.05) is 19.9 Å². The van der Waals surface area contributed by atoms with E-state index < -0.39 is 0 Å². The van der Waals surface area contributed by atoms with E-state index in [2.05, 4.69) is 39.4 Å². The van der Waals surface area contributed by atoms with Gasteiger partial charge in [-0.3, -0.25) is 9.79 Å². The van der Waals surface area contributed by atoms with Crippen LogP contribution in [0.15, 0.2) is 23.2 Å². The summed E-state index contributed by atoms with van der Waals surface area (Å²) >= 11 is 2.04. The van der Waals surface area contributed by atoms with Crippen LogP contribution in [0.2, 0.25) is 0 Å². The van der Waals surface area contributed by atoms with Gasteiger partial charge in [0.2, 0.25) is 5.91 Å². The van der Waals surface area contributed by atoms with Gasteiger partial charge >= 0.3 is 0 Å². The highest BCUT2D eigenvalue weighted by Gasteiger charge is 2.24. The highest BCUT2D eigenvalue weighted by molar-refractivity contribution is 14.0. The number of guanidine groups is 1. The zero-order valence-corrected chi connectivity index (χ0v) is 19.1. The van der Waals surface area contributed by atoms with Gasteiger partial charge in [0.15, 0.2) is 5.96 Å². The summed E-state index contributed by atoms with van der Waals surface area (Å²) in [4.78, 5) is 23.0. The summed E-state index contributed by atoms with van der Waals surface area (Å²) in [5, 5.41) is 6.77. The molecular weight excluding hydrogens is 461 g/mol. The molecule has 1 aromatic heterocycles. The molecule has 2 N–H and O–H groups in total. The molecule has 1 saturated heterocycles. The van der Waals surface area contributed by atoms with E-state index in [1.54, 1.807) is 13.1 Å². The van der Waals surface area contributed by atoms with Crippen molar-refractivity contribution in [1.82, 2.24) is 15.2 Å². The van der Waals surface area contributed by atoms with Crippen LogP contribution in [0.25, 0.3) is 0 Å². The number of nitrogens with zero attached hydrogens (tertiary/aromatic N) is 3. The number of aromatic nitrogens is 1. The van der Waals surface area contributed by atoms with Crippen molar-refractivity contribution in [2.45, 2.75) is 32.4 Å². The standard InChI is InChI=1S/C18H29N5OS.HI/c1-13(2)15-12-23(10-11-25-15)18(19-4)20-9-8-17(24)22-16-7-5-6-14(3)21-16;/h5-7,13,15H,8-12H2,1-4H3,(H,19,20)(H,21,22,24);1H. The molecule has 26 heavy (non-hydrogen) atoms. The Labute approximate surface area is 178 Å². The Morgan fingerprint density at radius 1 is 1.46 bits per heavy atom. The number of pyridine rings is 1. The average Bonchev–Trinajstić information content (AvgIpc) is 2.59. The normalized spacial score (nSPS) is 17.7. The molecule has 0 aliphatic carbocycles. The molecule has 6 nitrogen and oxygen atoms in total. The van der Waals surface area contributed by atoms with Crippen LogP contribution in [0.4, 0.5) is 5.82 Å². The Balaban J connectivity index is 0.00000338. The van der Waals surface area contributed by atoms with Crippen LogP contribution in [-0.4, -0.2) is 59.4 Å². The van der Waals surface area contributed by atoms with Crippen molar-refractivity contribution in [3.8, 4) is 0 Å². The third-order valence-corrected chi connectivity index (χ3v) is 5.68. The number of amides is 1. The quantitative estimate of drug-likeness (QED) is 0.377. The van der Waals surface area contributed by atoms with Crippen molar-refractivity contribution >= 4 is 53.4 Å². The first-order valence-corrected chi connectivity index (χ1v) is 9.85. The second-order valence-corrected chi connectivity index (χ2v) is 7.88. The highest BCUT2D eigenvalue weighted by atomic mass is 127. The molecule has 1 atom stereocenters.